The van der Waals surface area contributed by atoms with Crippen LogP contribution >= 0.6 is 0 Å². The number of hydrogen-bond acceptors (Lipinski definition) is 4. The summed E-state index contributed by atoms with van der Waals surface area (Å²) in [4.78, 5) is 20.2. The minimum atomic E-state index is 0.113. The fourth-order valence-electron chi connectivity index (χ4n) is 5.30. The van der Waals surface area contributed by atoms with Crippen LogP contribution in [0.15, 0.2) is 60.6 Å². The van der Waals surface area contributed by atoms with E-state index in [0.717, 1.165) is 66.1 Å². The van der Waals surface area contributed by atoms with E-state index in [1.807, 2.05) is 54.1 Å². The average molecular weight is 458 g/mol. The van der Waals surface area contributed by atoms with Crippen molar-refractivity contribution in [1.29, 1.82) is 0 Å². The minimum Gasteiger partial charge on any atom is -0.497 e. The lowest BCUT2D eigenvalue weighted by Gasteiger charge is -2.46. The topological polar surface area (TPSA) is 56.6 Å². The molecule has 1 amide bonds. The van der Waals surface area contributed by atoms with Gasteiger partial charge in [0.15, 0.2) is 0 Å². The molecule has 0 unspecified atom stereocenters. The number of piperidine rings is 2. The monoisotopic (exact) mass is 457 g/mol. The van der Waals surface area contributed by atoms with Gasteiger partial charge in [0, 0.05) is 17.8 Å². The maximum Gasteiger partial charge on any atom is 0.250 e. The van der Waals surface area contributed by atoms with Crippen LogP contribution in [0.4, 0.5) is 0 Å². The van der Waals surface area contributed by atoms with Crippen molar-refractivity contribution in [3.8, 4) is 17.2 Å². The van der Waals surface area contributed by atoms with E-state index >= 15 is 0 Å². The zero-order valence-electron chi connectivity index (χ0n) is 20.0. The van der Waals surface area contributed by atoms with Gasteiger partial charge < -0.3 is 18.9 Å². The molecule has 6 nitrogen and oxygen atoms in total. The van der Waals surface area contributed by atoms with Crippen LogP contribution in [-0.4, -0.2) is 40.6 Å². The molecule has 0 saturated carbocycles. The largest absolute Gasteiger partial charge is 0.497 e. The van der Waals surface area contributed by atoms with Crippen LogP contribution in [0.2, 0.25) is 0 Å². The number of benzene rings is 2. The van der Waals surface area contributed by atoms with Crippen LogP contribution < -0.4 is 9.47 Å². The number of hydrogen-bond donors (Lipinski definition) is 0. The lowest BCUT2D eigenvalue weighted by Crippen LogP contribution is -2.49. The fraction of sp³-hybridized carbons (Fsp3) is 0.357. The van der Waals surface area contributed by atoms with Crippen molar-refractivity contribution in [3.05, 3.63) is 77.4 Å². The minimum absolute atomic E-state index is 0.113. The Labute approximate surface area is 200 Å². The molecule has 2 saturated heterocycles. The third-order valence-corrected chi connectivity index (χ3v) is 7.04. The van der Waals surface area contributed by atoms with E-state index in [-0.39, 0.29) is 11.9 Å². The lowest BCUT2D eigenvalue weighted by atomic mass is 9.84. The lowest BCUT2D eigenvalue weighted by molar-refractivity contribution is -0.136. The predicted octanol–water partition coefficient (Wildman–Crippen LogP) is 5.50. The van der Waals surface area contributed by atoms with Gasteiger partial charge >= 0.3 is 0 Å². The Morgan fingerprint density at radius 2 is 1.85 bits per heavy atom. The van der Waals surface area contributed by atoms with Crippen molar-refractivity contribution >= 4 is 12.0 Å². The number of amides is 1. The van der Waals surface area contributed by atoms with E-state index in [4.69, 9.17) is 9.47 Å². The zero-order chi connectivity index (χ0) is 23.7. The van der Waals surface area contributed by atoms with E-state index < -0.39 is 0 Å². The number of ether oxygens (including phenoxy) is 2. The van der Waals surface area contributed by atoms with E-state index in [9.17, 15) is 4.79 Å². The van der Waals surface area contributed by atoms with E-state index in [2.05, 4.69) is 22.0 Å². The van der Waals surface area contributed by atoms with Crippen LogP contribution in [0.5, 0.6) is 11.5 Å². The summed E-state index contributed by atoms with van der Waals surface area (Å²) in [7, 11) is 3.35. The van der Waals surface area contributed by atoms with Crippen molar-refractivity contribution in [3.63, 3.8) is 0 Å². The van der Waals surface area contributed by atoms with Crippen molar-refractivity contribution in [1.82, 2.24) is 14.5 Å². The second-order valence-corrected chi connectivity index (χ2v) is 9.15. The third-order valence-electron chi connectivity index (χ3n) is 7.04. The molecule has 1 aromatic heterocycles. The van der Waals surface area contributed by atoms with Crippen molar-refractivity contribution in [2.24, 2.45) is 0 Å². The standard InChI is InChI=1S/C28H31N3O3/c1-19-17-30(18-29-19)26-14-7-20(16-27(26)34-3)15-22-8-11-23-5-4-6-25(31(23)28(22)32)21-9-12-24(33-2)13-10-21/h7,9-10,12-18,23,25H,4-6,8,11H2,1-3H3/t23-,25+/m0/s1. The van der Waals surface area contributed by atoms with Gasteiger partial charge in [-0.05, 0) is 80.5 Å². The Morgan fingerprint density at radius 3 is 2.56 bits per heavy atom. The predicted molar refractivity (Wildman–Crippen MR) is 132 cm³/mol. The Morgan fingerprint density at radius 1 is 1.03 bits per heavy atom. The highest BCUT2D eigenvalue weighted by Crippen LogP contribution is 2.41. The number of carbonyl (C=O) groups excluding carboxylic acids is 1. The van der Waals surface area contributed by atoms with Gasteiger partial charge in [0.1, 0.15) is 11.5 Å². The molecule has 34 heavy (non-hydrogen) atoms. The first-order valence-electron chi connectivity index (χ1n) is 11.9. The van der Waals surface area contributed by atoms with Crippen LogP contribution in [0.1, 0.15) is 55.0 Å². The van der Waals surface area contributed by atoms with Gasteiger partial charge in [-0.3, -0.25) is 4.79 Å². The number of aromatic nitrogens is 2. The van der Waals surface area contributed by atoms with E-state index in [0.29, 0.717) is 6.04 Å². The summed E-state index contributed by atoms with van der Waals surface area (Å²) in [6, 6.07) is 14.6. The summed E-state index contributed by atoms with van der Waals surface area (Å²) in [5.41, 5.74) is 4.89. The maximum absolute atomic E-state index is 13.7. The van der Waals surface area contributed by atoms with Crippen molar-refractivity contribution in [2.75, 3.05) is 14.2 Å². The molecule has 0 bridgehead atoms. The maximum atomic E-state index is 13.7. The second-order valence-electron chi connectivity index (χ2n) is 9.15. The van der Waals surface area contributed by atoms with E-state index in [1.165, 1.54) is 5.56 Å². The highest BCUT2D eigenvalue weighted by Gasteiger charge is 2.39. The van der Waals surface area contributed by atoms with Crippen LogP contribution in [0.3, 0.4) is 0 Å². The van der Waals surface area contributed by atoms with Crippen LogP contribution in [0.25, 0.3) is 11.8 Å². The number of methoxy groups -OCH3 is 2. The quantitative estimate of drug-likeness (QED) is 0.475. The number of imidazole rings is 1. The summed E-state index contributed by atoms with van der Waals surface area (Å²) in [5, 5.41) is 0. The van der Waals surface area contributed by atoms with Crippen LogP contribution in [-0.2, 0) is 4.79 Å². The molecule has 2 aromatic carbocycles. The molecule has 2 fully saturated rings. The molecule has 3 aromatic rings. The molecule has 0 spiro atoms. The van der Waals surface area contributed by atoms with Gasteiger partial charge in [0.25, 0.3) is 5.91 Å². The first kappa shape index (κ1) is 22.3. The first-order chi connectivity index (χ1) is 16.6. The van der Waals surface area contributed by atoms with Gasteiger partial charge in [0.2, 0.25) is 0 Å². The van der Waals surface area contributed by atoms with Gasteiger partial charge in [-0.2, -0.15) is 0 Å². The SMILES string of the molecule is COc1ccc([C@H]2CCC[C@H]3CCC(=Cc4ccc(-n5cnc(C)c5)c(OC)c4)C(=O)N32)cc1. The molecule has 2 aliphatic heterocycles. The smallest absolute Gasteiger partial charge is 0.250 e. The summed E-state index contributed by atoms with van der Waals surface area (Å²) < 4.78 is 12.9. The fourth-order valence-corrected chi connectivity index (χ4v) is 5.30. The Hall–Kier alpha value is -3.54. The molecule has 0 radical (unpaired) electrons. The van der Waals surface area contributed by atoms with Crippen LogP contribution in [0, 0.1) is 6.92 Å². The van der Waals surface area contributed by atoms with Gasteiger partial charge in [0.05, 0.1) is 38.0 Å². The molecular formula is C28H31N3O3. The molecular weight excluding hydrogens is 426 g/mol. The van der Waals surface area contributed by atoms with Crippen molar-refractivity contribution in [2.45, 2.75) is 51.1 Å². The number of fused-ring (bicyclic) bond motifs is 1. The summed E-state index contributed by atoms with van der Waals surface area (Å²) >= 11 is 0. The van der Waals surface area contributed by atoms with Gasteiger partial charge in [-0.1, -0.05) is 18.2 Å². The molecule has 0 N–H and O–H groups in total. The molecule has 3 heterocycles. The molecule has 2 atom stereocenters. The zero-order valence-corrected chi connectivity index (χ0v) is 20.0. The molecule has 2 aliphatic rings. The molecule has 5 rings (SSSR count). The number of carbonyl (C=O) groups is 1. The number of nitrogens with zero attached hydrogens (tertiary/aromatic N) is 3. The number of aryl methyl sites for hydroxylation is 1. The summed E-state index contributed by atoms with van der Waals surface area (Å²) in [6.07, 6.45) is 10.8. The highest BCUT2D eigenvalue weighted by molar-refractivity contribution is 5.99. The Balaban J connectivity index is 1.43. The third kappa shape index (κ3) is 4.20. The normalized spacial score (nSPS) is 21.4. The van der Waals surface area contributed by atoms with Gasteiger partial charge in [-0.25, -0.2) is 4.98 Å². The highest BCUT2D eigenvalue weighted by atomic mass is 16.5. The Kier molecular flexibility index (Phi) is 6.14. The molecule has 176 valence electrons. The Bertz CT molecular complexity index is 1210. The van der Waals surface area contributed by atoms with Crippen molar-refractivity contribution < 1.29 is 14.3 Å². The average Bonchev–Trinajstić information content (AvgIpc) is 3.31. The van der Waals surface area contributed by atoms with E-state index in [1.54, 1.807) is 20.5 Å². The summed E-state index contributed by atoms with van der Waals surface area (Å²) in [6.45, 7) is 1.96. The second kappa shape index (κ2) is 9.37. The first-order valence-corrected chi connectivity index (χ1v) is 11.9. The van der Waals surface area contributed by atoms with Gasteiger partial charge in [-0.15, -0.1) is 0 Å². The molecule has 0 aliphatic carbocycles. The molecule has 6 heteroatoms. The number of rotatable bonds is 5. The summed E-state index contributed by atoms with van der Waals surface area (Å²) in [5.74, 6) is 1.75.